The summed E-state index contributed by atoms with van der Waals surface area (Å²) in [6.45, 7) is 7.79. The molecule has 0 aromatic heterocycles. The van der Waals surface area contributed by atoms with E-state index in [-0.39, 0.29) is 13.2 Å². The number of allylic oxidation sites excluding steroid dienone is 2. The summed E-state index contributed by atoms with van der Waals surface area (Å²) in [5.74, 6) is 0.903. The van der Waals surface area contributed by atoms with Gasteiger partial charge in [0.15, 0.2) is 0 Å². The van der Waals surface area contributed by atoms with Crippen molar-refractivity contribution in [2.24, 2.45) is 0 Å². The standard InChI is InChI=1S/C23H25NO5/c1-4-27-20-16-9-5-7-11-18(16)21(19-12-8-6-10-17(19)20)29-23(26)24-13-14-28-22(25)15(2)3/h5-9,11H,2,4,10,12-14H2,1,3H3,(H,24,26). The molecule has 152 valence electrons. The average Bonchev–Trinajstić information content (AvgIpc) is 2.73. The van der Waals surface area contributed by atoms with Gasteiger partial charge in [0.1, 0.15) is 18.1 Å². The van der Waals surface area contributed by atoms with Crippen molar-refractivity contribution in [1.29, 1.82) is 0 Å². The molecule has 0 heterocycles. The largest absolute Gasteiger partial charge is 0.493 e. The summed E-state index contributed by atoms with van der Waals surface area (Å²) >= 11 is 0. The van der Waals surface area contributed by atoms with E-state index in [1.54, 1.807) is 6.92 Å². The third-order valence-corrected chi connectivity index (χ3v) is 4.58. The van der Waals surface area contributed by atoms with Crippen LogP contribution in [0.25, 0.3) is 10.8 Å². The summed E-state index contributed by atoms with van der Waals surface area (Å²) < 4.78 is 16.6. The molecule has 0 saturated heterocycles. The van der Waals surface area contributed by atoms with E-state index in [0.29, 0.717) is 24.4 Å². The minimum absolute atomic E-state index is 0.0473. The number of carbonyl (C=O) groups excluding carboxylic acids is 2. The molecule has 2 aromatic carbocycles. The number of ether oxygens (including phenoxy) is 3. The van der Waals surface area contributed by atoms with Crippen molar-refractivity contribution in [2.45, 2.75) is 26.7 Å². The lowest BCUT2D eigenvalue weighted by Gasteiger charge is -2.22. The first-order valence-electron chi connectivity index (χ1n) is 9.65. The second-order valence-corrected chi connectivity index (χ2v) is 6.71. The second-order valence-electron chi connectivity index (χ2n) is 6.71. The van der Waals surface area contributed by atoms with Crippen molar-refractivity contribution in [3.8, 4) is 11.5 Å². The number of rotatable bonds is 7. The van der Waals surface area contributed by atoms with Crippen molar-refractivity contribution in [2.75, 3.05) is 19.8 Å². The van der Waals surface area contributed by atoms with Crippen molar-refractivity contribution in [3.05, 3.63) is 59.7 Å². The minimum atomic E-state index is -0.595. The zero-order valence-electron chi connectivity index (χ0n) is 16.7. The number of benzene rings is 2. The SMILES string of the molecule is C=C(C)C(=O)OCCNC(=O)Oc1c2c(c(OCC)c3ccccc13)CC=CC2. The monoisotopic (exact) mass is 395 g/mol. The Hall–Kier alpha value is -3.28. The molecular weight excluding hydrogens is 370 g/mol. The first-order valence-corrected chi connectivity index (χ1v) is 9.65. The Morgan fingerprint density at radius 1 is 1.07 bits per heavy atom. The van der Waals surface area contributed by atoms with Crippen LogP contribution in [-0.2, 0) is 22.4 Å². The first kappa shape index (κ1) is 20.5. The summed E-state index contributed by atoms with van der Waals surface area (Å²) in [4.78, 5) is 23.8. The molecule has 6 heteroatoms. The summed E-state index contributed by atoms with van der Waals surface area (Å²) in [5, 5.41) is 4.37. The number of fused-ring (bicyclic) bond motifs is 2. The third kappa shape index (κ3) is 4.59. The highest BCUT2D eigenvalue weighted by atomic mass is 16.6. The van der Waals surface area contributed by atoms with Gasteiger partial charge in [0, 0.05) is 27.5 Å². The van der Waals surface area contributed by atoms with Crippen molar-refractivity contribution in [1.82, 2.24) is 5.32 Å². The molecule has 0 saturated carbocycles. The Bertz CT molecular complexity index is 977. The quantitative estimate of drug-likeness (QED) is 0.331. The van der Waals surface area contributed by atoms with E-state index in [4.69, 9.17) is 14.2 Å². The maximum absolute atomic E-state index is 12.4. The molecule has 1 amide bonds. The number of carbonyl (C=O) groups is 2. The van der Waals surface area contributed by atoms with Crippen LogP contribution in [0.2, 0.25) is 0 Å². The van der Waals surface area contributed by atoms with Crippen LogP contribution in [0.3, 0.4) is 0 Å². The molecule has 2 aromatic rings. The fourth-order valence-corrected chi connectivity index (χ4v) is 3.29. The summed E-state index contributed by atoms with van der Waals surface area (Å²) in [5.41, 5.74) is 2.32. The number of hydrogen-bond donors (Lipinski definition) is 1. The lowest BCUT2D eigenvalue weighted by atomic mass is 9.90. The molecule has 0 radical (unpaired) electrons. The molecule has 0 fully saturated rings. The van der Waals surface area contributed by atoms with E-state index in [1.165, 1.54) is 0 Å². The van der Waals surface area contributed by atoms with Crippen LogP contribution in [0.4, 0.5) is 4.79 Å². The second kappa shape index (κ2) is 9.28. The third-order valence-electron chi connectivity index (χ3n) is 4.58. The lowest BCUT2D eigenvalue weighted by molar-refractivity contribution is -0.138. The predicted octanol–water partition coefficient (Wildman–Crippen LogP) is 4.10. The lowest BCUT2D eigenvalue weighted by Crippen LogP contribution is -2.31. The highest BCUT2D eigenvalue weighted by Gasteiger charge is 2.23. The Labute approximate surface area is 170 Å². The molecule has 1 aliphatic rings. The van der Waals surface area contributed by atoms with Crippen LogP contribution < -0.4 is 14.8 Å². The summed E-state index contributed by atoms with van der Waals surface area (Å²) in [7, 11) is 0. The van der Waals surface area contributed by atoms with Crippen molar-refractivity contribution in [3.63, 3.8) is 0 Å². The first-order chi connectivity index (χ1) is 14.0. The van der Waals surface area contributed by atoms with E-state index < -0.39 is 12.1 Å². The highest BCUT2D eigenvalue weighted by Crippen LogP contribution is 2.43. The molecule has 3 rings (SSSR count). The molecule has 0 bridgehead atoms. The number of esters is 1. The van der Waals surface area contributed by atoms with Crippen LogP contribution in [-0.4, -0.2) is 31.8 Å². The van der Waals surface area contributed by atoms with Crippen LogP contribution in [0.5, 0.6) is 11.5 Å². The molecule has 0 aliphatic heterocycles. The van der Waals surface area contributed by atoms with Gasteiger partial charge in [0.2, 0.25) is 0 Å². The highest BCUT2D eigenvalue weighted by molar-refractivity contribution is 5.97. The van der Waals surface area contributed by atoms with Gasteiger partial charge in [-0.2, -0.15) is 0 Å². The minimum Gasteiger partial charge on any atom is -0.493 e. The number of hydrogen-bond acceptors (Lipinski definition) is 5. The van der Waals surface area contributed by atoms with Gasteiger partial charge >= 0.3 is 12.1 Å². The summed E-state index contributed by atoms with van der Waals surface area (Å²) in [6, 6.07) is 7.75. The van der Waals surface area contributed by atoms with Crippen LogP contribution in [0.1, 0.15) is 25.0 Å². The number of amides is 1. The van der Waals surface area contributed by atoms with Crippen molar-refractivity contribution >= 4 is 22.8 Å². The molecule has 6 nitrogen and oxygen atoms in total. The van der Waals surface area contributed by atoms with Gasteiger partial charge in [-0.15, -0.1) is 0 Å². The Morgan fingerprint density at radius 3 is 2.31 bits per heavy atom. The smallest absolute Gasteiger partial charge is 0.412 e. The van der Waals surface area contributed by atoms with Crippen molar-refractivity contribution < 1.29 is 23.8 Å². The normalized spacial score (nSPS) is 12.2. The van der Waals surface area contributed by atoms with Gasteiger partial charge < -0.3 is 19.5 Å². The predicted molar refractivity (Wildman–Crippen MR) is 111 cm³/mol. The maximum Gasteiger partial charge on any atom is 0.412 e. The molecule has 0 atom stereocenters. The van der Waals surface area contributed by atoms with E-state index in [9.17, 15) is 9.59 Å². The van der Waals surface area contributed by atoms with E-state index in [2.05, 4.69) is 24.0 Å². The van der Waals surface area contributed by atoms with Crippen LogP contribution in [0.15, 0.2) is 48.6 Å². The number of nitrogens with one attached hydrogen (secondary N) is 1. The Kier molecular flexibility index (Phi) is 6.54. The van der Waals surface area contributed by atoms with Gasteiger partial charge in [-0.3, -0.25) is 0 Å². The molecular formula is C23H25NO5. The molecule has 1 aliphatic carbocycles. The average molecular weight is 395 g/mol. The van der Waals surface area contributed by atoms with E-state index >= 15 is 0 Å². The van der Waals surface area contributed by atoms with Gasteiger partial charge in [0.25, 0.3) is 0 Å². The van der Waals surface area contributed by atoms with Gasteiger partial charge in [-0.05, 0) is 26.7 Å². The molecule has 29 heavy (non-hydrogen) atoms. The van der Waals surface area contributed by atoms with Gasteiger partial charge in [-0.1, -0.05) is 43.0 Å². The molecule has 1 N–H and O–H groups in total. The van der Waals surface area contributed by atoms with Gasteiger partial charge in [0.05, 0.1) is 13.2 Å². The van der Waals surface area contributed by atoms with Crippen LogP contribution in [0, 0.1) is 0 Å². The maximum atomic E-state index is 12.4. The van der Waals surface area contributed by atoms with E-state index in [0.717, 1.165) is 34.1 Å². The zero-order valence-corrected chi connectivity index (χ0v) is 16.7. The van der Waals surface area contributed by atoms with Crippen LogP contribution >= 0.6 is 0 Å². The Morgan fingerprint density at radius 2 is 1.69 bits per heavy atom. The molecule has 0 spiro atoms. The fourth-order valence-electron chi connectivity index (χ4n) is 3.29. The zero-order chi connectivity index (χ0) is 20.8. The summed E-state index contributed by atoms with van der Waals surface area (Å²) in [6.07, 6.45) is 4.96. The topological polar surface area (TPSA) is 73.9 Å². The van der Waals surface area contributed by atoms with Gasteiger partial charge in [-0.25, -0.2) is 9.59 Å². The Balaban J connectivity index is 1.82. The van der Waals surface area contributed by atoms with E-state index in [1.807, 2.05) is 31.2 Å². The molecule has 0 unspecified atom stereocenters. The fraction of sp³-hybridized carbons (Fsp3) is 0.304.